The molecule has 0 saturated carbocycles. The third-order valence-corrected chi connectivity index (χ3v) is 2.59. The number of amides is 1. The first-order chi connectivity index (χ1) is 7.94. The lowest BCUT2D eigenvalue weighted by Crippen LogP contribution is -2.46. The molecule has 0 heterocycles. The van der Waals surface area contributed by atoms with Gasteiger partial charge in [-0.1, -0.05) is 27.7 Å². The van der Waals surface area contributed by atoms with Gasteiger partial charge in [0, 0.05) is 6.42 Å². The van der Waals surface area contributed by atoms with Crippen LogP contribution in [0.4, 0.5) is 0 Å². The molecule has 2 unspecified atom stereocenters. The van der Waals surface area contributed by atoms with Crippen LogP contribution in [0.5, 0.6) is 0 Å². The Kier molecular flexibility index (Phi) is 5.80. The van der Waals surface area contributed by atoms with Crippen LogP contribution in [0.1, 0.15) is 47.5 Å². The first kappa shape index (κ1) is 16.9. The molecule has 0 aromatic heterocycles. The van der Waals surface area contributed by atoms with E-state index < -0.39 is 11.6 Å². The van der Waals surface area contributed by atoms with Crippen molar-refractivity contribution in [1.29, 1.82) is 0 Å². The molecule has 0 radical (unpaired) electrons. The molecule has 5 nitrogen and oxygen atoms in total. The van der Waals surface area contributed by atoms with Gasteiger partial charge in [0.2, 0.25) is 5.91 Å². The van der Waals surface area contributed by atoms with Crippen molar-refractivity contribution in [3.05, 3.63) is 0 Å². The van der Waals surface area contributed by atoms with Crippen LogP contribution in [0.25, 0.3) is 0 Å². The van der Waals surface area contributed by atoms with Gasteiger partial charge in [-0.05, 0) is 24.7 Å². The largest absolute Gasteiger partial charge is 0.479 e. The summed E-state index contributed by atoms with van der Waals surface area (Å²) in [6, 6.07) is 0. The van der Waals surface area contributed by atoms with Crippen molar-refractivity contribution in [2.75, 3.05) is 6.54 Å². The summed E-state index contributed by atoms with van der Waals surface area (Å²) in [4.78, 5) is 22.2. The minimum absolute atomic E-state index is 0.159. The van der Waals surface area contributed by atoms with Gasteiger partial charge < -0.3 is 15.5 Å². The molecule has 0 aromatic rings. The van der Waals surface area contributed by atoms with Gasteiger partial charge >= 0.3 is 5.97 Å². The van der Waals surface area contributed by atoms with E-state index in [-0.39, 0.29) is 23.8 Å². The highest BCUT2D eigenvalue weighted by Crippen LogP contribution is 2.25. The van der Waals surface area contributed by atoms with Gasteiger partial charge in [0.25, 0.3) is 0 Å². The Balaban J connectivity index is 4.10. The lowest BCUT2D eigenvalue weighted by molar-refractivity contribution is -0.156. The minimum Gasteiger partial charge on any atom is -0.479 e. The summed E-state index contributed by atoms with van der Waals surface area (Å²) in [6.45, 7) is 9.20. The summed E-state index contributed by atoms with van der Waals surface area (Å²) in [7, 11) is 0. The summed E-state index contributed by atoms with van der Waals surface area (Å²) >= 11 is 0. The second-order valence-electron chi connectivity index (χ2n) is 6.43. The van der Waals surface area contributed by atoms with Gasteiger partial charge in [0.15, 0.2) is 5.60 Å². The zero-order valence-corrected chi connectivity index (χ0v) is 11.9. The average Bonchev–Trinajstić information content (AvgIpc) is 2.11. The monoisotopic (exact) mass is 259 g/mol. The van der Waals surface area contributed by atoms with Crippen LogP contribution >= 0.6 is 0 Å². The highest BCUT2D eigenvalue weighted by atomic mass is 16.4. The van der Waals surface area contributed by atoms with Gasteiger partial charge in [-0.3, -0.25) is 4.79 Å². The average molecular weight is 259 g/mol. The van der Waals surface area contributed by atoms with Crippen LogP contribution in [0.2, 0.25) is 0 Å². The topological polar surface area (TPSA) is 86.6 Å². The van der Waals surface area contributed by atoms with Crippen molar-refractivity contribution in [3.8, 4) is 0 Å². The highest BCUT2D eigenvalue weighted by Gasteiger charge is 2.30. The number of carbonyl (C=O) groups excluding carboxylic acids is 1. The fourth-order valence-corrected chi connectivity index (χ4v) is 1.85. The van der Waals surface area contributed by atoms with Gasteiger partial charge in [0.05, 0.1) is 6.54 Å². The maximum atomic E-state index is 11.6. The Bertz CT molecular complexity index is 305. The van der Waals surface area contributed by atoms with Crippen molar-refractivity contribution < 1.29 is 19.8 Å². The molecule has 18 heavy (non-hydrogen) atoms. The molecule has 106 valence electrons. The minimum atomic E-state index is -1.91. The summed E-state index contributed by atoms with van der Waals surface area (Å²) in [6.07, 6.45) is 1.25. The second kappa shape index (κ2) is 6.18. The Morgan fingerprint density at radius 2 is 1.72 bits per heavy atom. The Morgan fingerprint density at radius 3 is 2.11 bits per heavy atom. The fourth-order valence-electron chi connectivity index (χ4n) is 1.85. The van der Waals surface area contributed by atoms with E-state index in [2.05, 4.69) is 26.1 Å². The van der Waals surface area contributed by atoms with Crippen LogP contribution in [-0.4, -0.2) is 34.2 Å². The van der Waals surface area contributed by atoms with E-state index in [0.717, 1.165) is 13.3 Å². The molecule has 0 fully saturated rings. The number of carboxylic acid groups (broad SMARTS) is 1. The van der Waals surface area contributed by atoms with E-state index in [9.17, 15) is 14.7 Å². The van der Waals surface area contributed by atoms with Crippen molar-refractivity contribution >= 4 is 11.9 Å². The van der Waals surface area contributed by atoms with Crippen LogP contribution in [0.15, 0.2) is 0 Å². The molecular formula is C13H25NO4. The van der Waals surface area contributed by atoms with Gasteiger partial charge in [-0.15, -0.1) is 0 Å². The van der Waals surface area contributed by atoms with Crippen LogP contribution in [-0.2, 0) is 9.59 Å². The van der Waals surface area contributed by atoms with Crippen LogP contribution in [0, 0.1) is 11.3 Å². The third kappa shape index (κ3) is 7.27. The lowest BCUT2D eigenvalue weighted by Gasteiger charge is -2.23. The number of carboxylic acids is 1. The highest BCUT2D eigenvalue weighted by molar-refractivity contribution is 5.80. The first-order valence-corrected chi connectivity index (χ1v) is 6.16. The van der Waals surface area contributed by atoms with E-state index in [1.54, 1.807) is 0 Å². The molecule has 2 atom stereocenters. The molecule has 5 heteroatoms. The quantitative estimate of drug-likeness (QED) is 0.673. The van der Waals surface area contributed by atoms with E-state index in [0.29, 0.717) is 6.42 Å². The van der Waals surface area contributed by atoms with E-state index >= 15 is 0 Å². The van der Waals surface area contributed by atoms with Crippen molar-refractivity contribution in [2.24, 2.45) is 11.3 Å². The smallest absolute Gasteiger partial charge is 0.337 e. The summed E-state index contributed by atoms with van der Waals surface area (Å²) in [5.41, 5.74) is -1.75. The molecule has 0 spiro atoms. The zero-order chi connectivity index (χ0) is 14.6. The number of nitrogens with one attached hydrogen (secondary N) is 1. The molecule has 0 bridgehead atoms. The number of carbonyl (C=O) groups is 2. The SMILES string of the molecule is CC(CC(=O)NCC(C)(O)C(=O)O)CC(C)(C)C. The lowest BCUT2D eigenvalue weighted by atomic mass is 9.84. The zero-order valence-electron chi connectivity index (χ0n) is 11.9. The Labute approximate surface area is 109 Å². The van der Waals surface area contributed by atoms with E-state index in [1.807, 2.05) is 6.92 Å². The van der Waals surface area contributed by atoms with Crippen molar-refractivity contribution in [1.82, 2.24) is 5.32 Å². The molecular weight excluding hydrogens is 234 g/mol. The molecule has 0 saturated heterocycles. The number of rotatable bonds is 6. The summed E-state index contributed by atoms with van der Waals surface area (Å²) in [5, 5.41) is 20.6. The molecule has 1 amide bonds. The molecule has 0 aliphatic heterocycles. The number of aliphatic hydroxyl groups is 1. The second-order valence-corrected chi connectivity index (χ2v) is 6.43. The maximum Gasteiger partial charge on any atom is 0.337 e. The molecule has 0 aliphatic rings. The van der Waals surface area contributed by atoms with Gasteiger partial charge in [-0.25, -0.2) is 4.79 Å². The molecule has 3 N–H and O–H groups in total. The number of hydrogen-bond donors (Lipinski definition) is 3. The predicted molar refractivity (Wildman–Crippen MR) is 69.1 cm³/mol. The van der Waals surface area contributed by atoms with Gasteiger partial charge in [-0.2, -0.15) is 0 Å². The Hall–Kier alpha value is -1.10. The van der Waals surface area contributed by atoms with E-state index in [4.69, 9.17) is 5.11 Å². The summed E-state index contributed by atoms with van der Waals surface area (Å²) < 4.78 is 0. The summed E-state index contributed by atoms with van der Waals surface area (Å²) in [5.74, 6) is -1.35. The van der Waals surface area contributed by atoms with Crippen molar-refractivity contribution in [2.45, 2.75) is 53.1 Å². The van der Waals surface area contributed by atoms with E-state index in [1.165, 1.54) is 0 Å². The van der Waals surface area contributed by atoms with Crippen LogP contribution < -0.4 is 5.32 Å². The number of aliphatic carboxylic acids is 1. The molecule has 0 aliphatic carbocycles. The number of hydrogen-bond acceptors (Lipinski definition) is 3. The maximum absolute atomic E-state index is 11.6. The van der Waals surface area contributed by atoms with Gasteiger partial charge in [0.1, 0.15) is 0 Å². The van der Waals surface area contributed by atoms with Crippen LogP contribution in [0.3, 0.4) is 0 Å². The first-order valence-electron chi connectivity index (χ1n) is 6.16. The Morgan fingerprint density at radius 1 is 1.22 bits per heavy atom. The normalized spacial score (nSPS) is 16.8. The predicted octanol–water partition coefficient (Wildman–Crippen LogP) is 1.40. The molecule has 0 aromatic carbocycles. The standard InChI is InChI=1S/C13H25NO4/c1-9(7-12(2,3)4)6-10(15)14-8-13(5,18)11(16)17/h9,18H,6-8H2,1-5H3,(H,14,15)(H,16,17). The third-order valence-electron chi connectivity index (χ3n) is 2.59. The molecule has 0 rings (SSSR count). The fraction of sp³-hybridized carbons (Fsp3) is 0.846. The van der Waals surface area contributed by atoms with Crippen molar-refractivity contribution in [3.63, 3.8) is 0 Å².